The van der Waals surface area contributed by atoms with Crippen molar-refractivity contribution in [2.75, 3.05) is 25.5 Å². The highest BCUT2D eigenvalue weighted by molar-refractivity contribution is 8.00. The standard InChI is InChI=1S/C20H25NO3S2/c1-16-3-2-4-18(15-16)17-5-7-20(8-6-17)26(22,23)21-11-14-25-19-9-12-24-13-10-19/h2-8,15,19,21H,9-14H2,1H3. The summed E-state index contributed by atoms with van der Waals surface area (Å²) in [7, 11) is -3.46. The Labute approximate surface area is 160 Å². The molecule has 0 unspecified atom stereocenters. The van der Waals surface area contributed by atoms with Crippen molar-refractivity contribution in [2.24, 2.45) is 0 Å². The Bertz CT molecular complexity index is 813. The molecule has 0 atom stereocenters. The van der Waals surface area contributed by atoms with Crippen LogP contribution in [-0.2, 0) is 14.8 Å². The summed E-state index contributed by atoms with van der Waals surface area (Å²) < 4.78 is 32.9. The number of rotatable bonds is 7. The molecule has 0 spiro atoms. The Balaban J connectivity index is 1.55. The zero-order valence-electron chi connectivity index (χ0n) is 15.0. The van der Waals surface area contributed by atoms with Gasteiger partial charge in [0.05, 0.1) is 4.90 Å². The molecule has 1 aliphatic heterocycles. The van der Waals surface area contributed by atoms with Gasteiger partial charge in [0.2, 0.25) is 10.0 Å². The number of hydrogen-bond acceptors (Lipinski definition) is 4. The van der Waals surface area contributed by atoms with Crippen LogP contribution in [0.25, 0.3) is 11.1 Å². The molecule has 2 aromatic carbocycles. The van der Waals surface area contributed by atoms with Crippen LogP contribution in [0, 0.1) is 6.92 Å². The van der Waals surface area contributed by atoms with Gasteiger partial charge in [-0.15, -0.1) is 0 Å². The summed E-state index contributed by atoms with van der Waals surface area (Å²) in [6.45, 7) is 4.13. The third kappa shape index (κ3) is 5.33. The van der Waals surface area contributed by atoms with Crippen LogP contribution in [-0.4, -0.2) is 39.2 Å². The first-order chi connectivity index (χ1) is 12.5. The molecule has 0 radical (unpaired) electrons. The molecule has 140 valence electrons. The van der Waals surface area contributed by atoms with Gasteiger partial charge in [-0.3, -0.25) is 0 Å². The summed E-state index contributed by atoms with van der Waals surface area (Å²) >= 11 is 1.83. The normalized spacial score (nSPS) is 15.9. The molecular weight excluding hydrogens is 366 g/mol. The van der Waals surface area contributed by atoms with E-state index in [0.717, 1.165) is 42.9 Å². The van der Waals surface area contributed by atoms with Gasteiger partial charge in [0.15, 0.2) is 0 Å². The van der Waals surface area contributed by atoms with E-state index in [9.17, 15) is 8.42 Å². The van der Waals surface area contributed by atoms with E-state index in [1.807, 2.05) is 49.0 Å². The topological polar surface area (TPSA) is 55.4 Å². The fourth-order valence-electron chi connectivity index (χ4n) is 2.98. The highest BCUT2D eigenvalue weighted by Crippen LogP contribution is 2.23. The minimum absolute atomic E-state index is 0.310. The molecule has 3 rings (SSSR count). The van der Waals surface area contributed by atoms with Crippen molar-refractivity contribution >= 4 is 21.8 Å². The Kier molecular flexibility index (Phi) is 6.75. The van der Waals surface area contributed by atoms with E-state index in [-0.39, 0.29) is 0 Å². The number of aryl methyl sites for hydroxylation is 1. The first kappa shape index (κ1) is 19.4. The summed E-state index contributed by atoms with van der Waals surface area (Å²) in [6.07, 6.45) is 2.11. The van der Waals surface area contributed by atoms with Gasteiger partial charge in [0, 0.05) is 30.8 Å². The first-order valence-corrected chi connectivity index (χ1v) is 11.4. The Morgan fingerprint density at radius 1 is 1.08 bits per heavy atom. The predicted molar refractivity (Wildman–Crippen MR) is 108 cm³/mol. The Hall–Kier alpha value is -1.34. The van der Waals surface area contributed by atoms with E-state index < -0.39 is 10.0 Å². The quantitative estimate of drug-likeness (QED) is 0.729. The van der Waals surface area contributed by atoms with Gasteiger partial charge in [-0.2, -0.15) is 11.8 Å². The summed E-state index contributed by atoms with van der Waals surface area (Å²) in [5.41, 5.74) is 3.29. The third-order valence-electron chi connectivity index (χ3n) is 4.43. The van der Waals surface area contributed by atoms with Crippen LogP contribution in [0.1, 0.15) is 18.4 Å². The molecular formula is C20H25NO3S2. The van der Waals surface area contributed by atoms with E-state index in [0.29, 0.717) is 16.7 Å². The van der Waals surface area contributed by atoms with E-state index >= 15 is 0 Å². The molecule has 0 saturated carbocycles. The SMILES string of the molecule is Cc1cccc(-c2ccc(S(=O)(=O)NCCSC3CCOCC3)cc2)c1. The Morgan fingerprint density at radius 3 is 2.50 bits per heavy atom. The second kappa shape index (κ2) is 9.04. The zero-order valence-corrected chi connectivity index (χ0v) is 16.6. The maximum absolute atomic E-state index is 12.4. The van der Waals surface area contributed by atoms with Crippen LogP contribution in [0.4, 0.5) is 0 Å². The molecule has 6 heteroatoms. The molecule has 0 amide bonds. The minimum atomic E-state index is -3.46. The Morgan fingerprint density at radius 2 is 1.81 bits per heavy atom. The molecule has 26 heavy (non-hydrogen) atoms. The molecule has 1 heterocycles. The number of nitrogens with one attached hydrogen (secondary N) is 1. The second-order valence-corrected chi connectivity index (χ2v) is 9.65. The summed E-state index contributed by atoms with van der Waals surface area (Å²) in [5.74, 6) is 0.783. The van der Waals surface area contributed by atoms with Crippen molar-refractivity contribution in [2.45, 2.75) is 29.9 Å². The van der Waals surface area contributed by atoms with Crippen LogP contribution in [0.3, 0.4) is 0 Å². The van der Waals surface area contributed by atoms with E-state index in [2.05, 4.69) is 10.8 Å². The van der Waals surface area contributed by atoms with E-state index in [1.54, 1.807) is 12.1 Å². The van der Waals surface area contributed by atoms with Gasteiger partial charge in [0.1, 0.15) is 0 Å². The van der Waals surface area contributed by atoms with Crippen molar-refractivity contribution in [3.05, 3.63) is 54.1 Å². The van der Waals surface area contributed by atoms with E-state index in [4.69, 9.17) is 4.74 Å². The number of benzene rings is 2. The minimum Gasteiger partial charge on any atom is -0.381 e. The second-order valence-electron chi connectivity index (χ2n) is 6.47. The maximum atomic E-state index is 12.4. The zero-order chi connectivity index (χ0) is 18.4. The lowest BCUT2D eigenvalue weighted by Crippen LogP contribution is -2.27. The summed E-state index contributed by atoms with van der Waals surface area (Å²) in [4.78, 5) is 0.310. The van der Waals surface area contributed by atoms with Gasteiger partial charge in [-0.1, -0.05) is 42.0 Å². The van der Waals surface area contributed by atoms with Gasteiger partial charge in [-0.05, 0) is 43.0 Å². The van der Waals surface area contributed by atoms with Crippen molar-refractivity contribution in [3.63, 3.8) is 0 Å². The molecule has 1 aliphatic rings. The van der Waals surface area contributed by atoms with Crippen LogP contribution in [0.2, 0.25) is 0 Å². The van der Waals surface area contributed by atoms with Gasteiger partial charge >= 0.3 is 0 Å². The molecule has 1 fully saturated rings. The first-order valence-electron chi connectivity index (χ1n) is 8.91. The fraction of sp³-hybridized carbons (Fsp3) is 0.400. The highest BCUT2D eigenvalue weighted by atomic mass is 32.2. The molecule has 0 aromatic heterocycles. The monoisotopic (exact) mass is 391 g/mol. The molecule has 2 aromatic rings. The van der Waals surface area contributed by atoms with Crippen molar-refractivity contribution < 1.29 is 13.2 Å². The lowest BCUT2D eigenvalue weighted by Gasteiger charge is -2.21. The summed E-state index contributed by atoms with van der Waals surface area (Å²) in [6, 6.07) is 15.2. The van der Waals surface area contributed by atoms with Crippen LogP contribution in [0.15, 0.2) is 53.4 Å². The largest absolute Gasteiger partial charge is 0.381 e. The number of ether oxygens (including phenoxy) is 1. The lowest BCUT2D eigenvalue weighted by atomic mass is 10.0. The smallest absolute Gasteiger partial charge is 0.240 e. The van der Waals surface area contributed by atoms with Crippen LogP contribution < -0.4 is 4.72 Å². The summed E-state index contributed by atoms with van der Waals surface area (Å²) in [5, 5.41) is 0.585. The molecule has 1 saturated heterocycles. The van der Waals surface area contributed by atoms with Crippen molar-refractivity contribution in [1.29, 1.82) is 0 Å². The van der Waals surface area contributed by atoms with Crippen molar-refractivity contribution in [1.82, 2.24) is 4.72 Å². The van der Waals surface area contributed by atoms with Crippen molar-refractivity contribution in [3.8, 4) is 11.1 Å². The fourth-order valence-corrected chi connectivity index (χ4v) is 5.22. The number of thioether (sulfide) groups is 1. The average Bonchev–Trinajstić information content (AvgIpc) is 2.66. The molecule has 0 aliphatic carbocycles. The third-order valence-corrected chi connectivity index (χ3v) is 7.29. The van der Waals surface area contributed by atoms with Gasteiger partial charge in [-0.25, -0.2) is 13.1 Å². The predicted octanol–water partition coefficient (Wildman–Crippen LogP) is 3.85. The van der Waals surface area contributed by atoms with Crippen LogP contribution >= 0.6 is 11.8 Å². The average molecular weight is 392 g/mol. The number of hydrogen-bond donors (Lipinski definition) is 1. The highest BCUT2D eigenvalue weighted by Gasteiger charge is 2.16. The lowest BCUT2D eigenvalue weighted by molar-refractivity contribution is 0.100. The number of sulfonamides is 1. The van der Waals surface area contributed by atoms with E-state index in [1.165, 1.54) is 5.56 Å². The van der Waals surface area contributed by atoms with Crippen LogP contribution in [0.5, 0.6) is 0 Å². The molecule has 4 nitrogen and oxygen atoms in total. The molecule has 0 bridgehead atoms. The maximum Gasteiger partial charge on any atom is 0.240 e. The van der Waals surface area contributed by atoms with Gasteiger partial charge < -0.3 is 4.74 Å². The van der Waals surface area contributed by atoms with Gasteiger partial charge in [0.25, 0.3) is 0 Å². The molecule has 1 N–H and O–H groups in total.